The van der Waals surface area contributed by atoms with Gasteiger partial charge in [0.2, 0.25) is 0 Å². The van der Waals surface area contributed by atoms with Gasteiger partial charge in [0.25, 0.3) is 0 Å². The predicted molar refractivity (Wildman–Crippen MR) is 96.2 cm³/mol. The number of β-amino-alcohol motifs (C(OH)–C–C–N with tert-alkyl or cyclic N) is 1. The van der Waals surface area contributed by atoms with Crippen LogP contribution in [0.4, 0.5) is 5.69 Å². The molecule has 128 valence electrons. The Hall–Kier alpha value is -1.10. The zero-order valence-electron chi connectivity index (χ0n) is 14.9. The molecule has 0 aliphatic carbocycles. The number of likely N-dealkylation sites (tertiary alicyclic amines) is 1. The Bertz CT molecular complexity index is 539. The van der Waals surface area contributed by atoms with E-state index in [9.17, 15) is 5.11 Å². The van der Waals surface area contributed by atoms with Crippen molar-refractivity contribution >= 4 is 5.69 Å². The summed E-state index contributed by atoms with van der Waals surface area (Å²) >= 11 is 0. The molecule has 2 fully saturated rings. The molecule has 0 bridgehead atoms. The van der Waals surface area contributed by atoms with Crippen LogP contribution < -0.4 is 4.90 Å². The van der Waals surface area contributed by atoms with Crippen molar-refractivity contribution in [3.8, 4) is 0 Å². The van der Waals surface area contributed by atoms with Crippen LogP contribution in [0.1, 0.15) is 24.0 Å². The van der Waals surface area contributed by atoms with Crippen LogP contribution in [0.15, 0.2) is 18.2 Å². The summed E-state index contributed by atoms with van der Waals surface area (Å²) in [4.78, 5) is 7.20. The van der Waals surface area contributed by atoms with Crippen molar-refractivity contribution in [3.63, 3.8) is 0 Å². The molecule has 2 heterocycles. The number of rotatable bonds is 3. The first kappa shape index (κ1) is 16.7. The first-order chi connectivity index (χ1) is 11.0. The van der Waals surface area contributed by atoms with E-state index >= 15 is 0 Å². The first-order valence-electron chi connectivity index (χ1n) is 8.91. The van der Waals surface area contributed by atoms with E-state index < -0.39 is 5.60 Å². The molecular weight excluding hydrogens is 286 g/mol. The molecule has 0 radical (unpaired) electrons. The van der Waals surface area contributed by atoms with E-state index in [0.717, 1.165) is 58.7 Å². The highest BCUT2D eigenvalue weighted by Gasteiger charge is 2.34. The molecule has 4 heteroatoms. The van der Waals surface area contributed by atoms with Crippen molar-refractivity contribution in [2.75, 3.05) is 57.8 Å². The van der Waals surface area contributed by atoms with E-state index in [2.05, 4.69) is 53.8 Å². The quantitative estimate of drug-likeness (QED) is 0.922. The third-order valence-corrected chi connectivity index (χ3v) is 5.55. The first-order valence-corrected chi connectivity index (χ1v) is 8.91. The molecule has 0 amide bonds. The zero-order chi connectivity index (χ0) is 16.4. The summed E-state index contributed by atoms with van der Waals surface area (Å²) in [5.74, 6) is 0. The molecule has 23 heavy (non-hydrogen) atoms. The molecule has 0 unspecified atom stereocenters. The average Bonchev–Trinajstić information content (AvgIpc) is 2.50. The number of benzene rings is 1. The van der Waals surface area contributed by atoms with Crippen LogP contribution in [0, 0.1) is 13.8 Å². The Morgan fingerprint density at radius 1 is 1.09 bits per heavy atom. The molecule has 1 aromatic rings. The van der Waals surface area contributed by atoms with Gasteiger partial charge in [0.05, 0.1) is 5.60 Å². The third kappa shape index (κ3) is 3.87. The van der Waals surface area contributed by atoms with Gasteiger partial charge in [-0.2, -0.15) is 0 Å². The molecule has 4 nitrogen and oxygen atoms in total. The second-order valence-electron chi connectivity index (χ2n) is 7.55. The number of likely N-dealkylation sites (N-methyl/N-ethyl adjacent to an activating group) is 1. The Labute approximate surface area is 140 Å². The average molecular weight is 317 g/mol. The van der Waals surface area contributed by atoms with Crippen LogP contribution in [-0.2, 0) is 0 Å². The van der Waals surface area contributed by atoms with E-state index in [0.29, 0.717) is 0 Å². The molecule has 0 spiro atoms. The van der Waals surface area contributed by atoms with Gasteiger partial charge in [0, 0.05) is 45.0 Å². The fourth-order valence-corrected chi connectivity index (χ4v) is 4.11. The van der Waals surface area contributed by atoms with E-state index in [1.165, 1.54) is 16.8 Å². The smallest absolute Gasteiger partial charge is 0.0900 e. The van der Waals surface area contributed by atoms with Gasteiger partial charge < -0.3 is 14.9 Å². The molecule has 2 aliphatic rings. The van der Waals surface area contributed by atoms with Crippen molar-refractivity contribution < 1.29 is 5.11 Å². The van der Waals surface area contributed by atoms with E-state index in [-0.39, 0.29) is 0 Å². The van der Waals surface area contributed by atoms with Gasteiger partial charge in [-0.05, 0) is 57.5 Å². The molecule has 2 aliphatic heterocycles. The van der Waals surface area contributed by atoms with Crippen molar-refractivity contribution in [3.05, 3.63) is 29.3 Å². The highest BCUT2D eigenvalue weighted by atomic mass is 16.3. The summed E-state index contributed by atoms with van der Waals surface area (Å²) in [5, 5.41) is 10.9. The van der Waals surface area contributed by atoms with Crippen molar-refractivity contribution in [2.24, 2.45) is 0 Å². The number of hydrogen-bond donors (Lipinski definition) is 1. The van der Waals surface area contributed by atoms with Crippen LogP contribution in [0.5, 0.6) is 0 Å². The lowest BCUT2D eigenvalue weighted by atomic mass is 9.92. The standard InChI is InChI=1S/C19H31N3O/c1-16-6-4-7-18(17(16)2)22-12-10-21(11-13-22)15-19(23)8-5-9-20(3)14-19/h4,6-7,23H,5,8-15H2,1-3H3/t19-/m1/s1. The zero-order valence-corrected chi connectivity index (χ0v) is 14.9. The molecule has 0 aromatic heterocycles. The lowest BCUT2D eigenvalue weighted by Gasteiger charge is -2.43. The molecule has 3 rings (SSSR count). The number of aliphatic hydroxyl groups is 1. The summed E-state index contributed by atoms with van der Waals surface area (Å²) in [5.41, 5.74) is 3.62. The number of nitrogens with zero attached hydrogens (tertiary/aromatic N) is 3. The molecule has 2 saturated heterocycles. The number of aryl methyl sites for hydroxylation is 1. The van der Waals surface area contributed by atoms with E-state index in [1.807, 2.05) is 0 Å². The van der Waals surface area contributed by atoms with Crippen LogP contribution in [0.3, 0.4) is 0 Å². The van der Waals surface area contributed by atoms with Gasteiger partial charge in [-0.25, -0.2) is 0 Å². The highest BCUT2D eigenvalue weighted by molar-refractivity contribution is 5.56. The fourth-order valence-electron chi connectivity index (χ4n) is 4.11. The monoisotopic (exact) mass is 317 g/mol. The summed E-state index contributed by atoms with van der Waals surface area (Å²) in [6.45, 7) is 11.3. The minimum atomic E-state index is -0.519. The lowest BCUT2D eigenvalue weighted by molar-refractivity contribution is -0.0478. The third-order valence-electron chi connectivity index (χ3n) is 5.55. The molecule has 1 N–H and O–H groups in total. The van der Waals surface area contributed by atoms with Crippen molar-refractivity contribution in [2.45, 2.75) is 32.3 Å². The van der Waals surface area contributed by atoms with Gasteiger partial charge in [0.15, 0.2) is 0 Å². The number of piperidine rings is 1. The number of piperazine rings is 1. The molecule has 1 atom stereocenters. The second kappa shape index (κ2) is 6.80. The van der Waals surface area contributed by atoms with Gasteiger partial charge in [-0.1, -0.05) is 12.1 Å². The van der Waals surface area contributed by atoms with Gasteiger partial charge in [-0.3, -0.25) is 4.90 Å². The summed E-state index contributed by atoms with van der Waals surface area (Å²) in [6, 6.07) is 6.58. The van der Waals surface area contributed by atoms with Gasteiger partial charge in [0.1, 0.15) is 0 Å². The number of hydrogen-bond acceptors (Lipinski definition) is 4. The Morgan fingerprint density at radius 3 is 2.52 bits per heavy atom. The summed E-state index contributed by atoms with van der Waals surface area (Å²) in [6.07, 6.45) is 2.05. The highest BCUT2D eigenvalue weighted by Crippen LogP contribution is 2.25. The predicted octanol–water partition coefficient (Wildman–Crippen LogP) is 1.88. The topological polar surface area (TPSA) is 30.0 Å². The van der Waals surface area contributed by atoms with Crippen molar-refractivity contribution in [1.29, 1.82) is 0 Å². The maximum atomic E-state index is 10.9. The molecular formula is C19H31N3O. The Kier molecular flexibility index (Phi) is 4.95. The maximum Gasteiger partial charge on any atom is 0.0900 e. The largest absolute Gasteiger partial charge is 0.387 e. The normalized spacial score (nSPS) is 27.4. The van der Waals surface area contributed by atoms with Gasteiger partial charge >= 0.3 is 0 Å². The molecule has 1 aromatic carbocycles. The van der Waals surface area contributed by atoms with Crippen LogP contribution in [0.2, 0.25) is 0 Å². The fraction of sp³-hybridized carbons (Fsp3) is 0.684. The van der Waals surface area contributed by atoms with E-state index in [1.54, 1.807) is 0 Å². The van der Waals surface area contributed by atoms with Crippen LogP contribution in [-0.4, -0.2) is 73.4 Å². The SMILES string of the molecule is Cc1cccc(N2CCN(C[C@@]3(O)CCCN(C)C3)CC2)c1C. The second-order valence-corrected chi connectivity index (χ2v) is 7.55. The van der Waals surface area contributed by atoms with Crippen molar-refractivity contribution in [1.82, 2.24) is 9.80 Å². The molecule has 0 saturated carbocycles. The van der Waals surface area contributed by atoms with Crippen LogP contribution in [0.25, 0.3) is 0 Å². The number of anilines is 1. The minimum absolute atomic E-state index is 0.519. The summed E-state index contributed by atoms with van der Waals surface area (Å²) < 4.78 is 0. The Balaban J connectivity index is 1.57. The van der Waals surface area contributed by atoms with Crippen LogP contribution >= 0.6 is 0 Å². The lowest BCUT2D eigenvalue weighted by Crippen LogP contribution is -2.57. The summed E-state index contributed by atoms with van der Waals surface area (Å²) in [7, 11) is 2.11. The van der Waals surface area contributed by atoms with E-state index in [4.69, 9.17) is 0 Å². The minimum Gasteiger partial charge on any atom is -0.387 e. The maximum absolute atomic E-state index is 10.9. The van der Waals surface area contributed by atoms with Gasteiger partial charge in [-0.15, -0.1) is 0 Å². The Morgan fingerprint density at radius 2 is 1.83 bits per heavy atom.